The van der Waals surface area contributed by atoms with Crippen LogP contribution in [0.25, 0.3) is 20.4 Å². The molecular formula is C20H18Cl2N4S2. The van der Waals surface area contributed by atoms with Gasteiger partial charge in [-0.3, -0.25) is 0 Å². The fraction of sp³-hybridized carbons (Fsp3) is 0.300. The van der Waals surface area contributed by atoms with Gasteiger partial charge in [0.25, 0.3) is 0 Å². The van der Waals surface area contributed by atoms with Crippen LogP contribution < -0.4 is 9.80 Å². The fourth-order valence-electron chi connectivity index (χ4n) is 3.47. The first-order chi connectivity index (χ1) is 13.6. The van der Waals surface area contributed by atoms with Crippen LogP contribution in [0.15, 0.2) is 30.3 Å². The second kappa shape index (κ2) is 7.34. The number of hydrogen-bond acceptors (Lipinski definition) is 6. The summed E-state index contributed by atoms with van der Waals surface area (Å²) in [5.74, 6) is 0. The molecule has 0 aliphatic carbocycles. The zero-order valence-corrected chi connectivity index (χ0v) is 18.4. The Bertz CT molecular complexity index is 1120. The van der Waals surface area contributed by atoms with Crippen molar-refractivity contribution in [2.24, 2.45) is 0 Å². The van der Waals surface area contributed by atoms with Crippen molar-refractivity contribution in [1.29, 1.82) is 0 Å². The van der Waals surface area contributed by atoms with Gasteiger partial charge in [0, 0.05) is 26.2 Å². The molecule has 0 spiro atoms. The van der Waals surface area contributed by atoms with Crippen molar-refractivity contribution in [1.82, 2.24) is 9.97 Å². The summed E-state index contributed by atoms with van der Waals surface area (Å²) in [6.45, 7) is 5.86. The van der Waals surface area contributed by atoms with Gasteiger partial charge in [0.2, 0.25) is 0 Å². The predicted octanol–water partition coefficient (Wildman–Crippen LogP) is 6.10. The number of thiazole rings is 2. The van der Waals surface area contributed by atoms with Gasteiger partial charge >= 0.3 is 0 Å². The maximum atomic E-state index is 6.32. The van der Waals surface area contributed by atoms with Crippen molar-refractivity contribution in [2.45, 2.75) is 13.3 Å². The van der Waals surface area contributed by atoms with Gasteiger partial charge in [-0.25, -0.2) is 9.97 Å². The minimum Gasteiger partial charge on any atom is -0.345 e. The Morgan fingerprint density at radius 2 is 1.57 bits per heavy atom. The van der Waals surface area contributed by atoms with E-state index in [1.807, 2.05) is 12.1 Å². The number of piperazine rings is 1. The number of nitrogens with zero attached hydrogens (tertiary/aromatic N) is 4. The molecule has 8 heteroatoms. The third kappa shape index (κ3) is 3.22. The normalized spacial score (nSPS) is 15.1. The summed E-state index contributed by atoms with van der Waals surface area (Å²) in [6.07, 6.45) is 1.05. The van der Waals surface area contributed by atoms with Crippen molar-refractivity contribution in [2.75, 3.05) is 36.0 Å². The molecule has 0 unspecified atom stereocenters. The van der Waals surface area contributed by atoms with Gasteiger partial charge in [0.05, 0.1) is 25.0 Å². The zero-order chi connectivity index (χ0) is 19.3. The Kier molecular flexibility index (Phi) is 4.83. The molecule has 3 heterocycles. The minimum atomic E-state index is 0.654. The molecule has 0 saturated carbocycles. The Morgan fingerprint density at radius 3 is 2.25 bits per heavy atom. The summed E-state index contributed by atoms with van der Waals surface area (Å²) < 4.78 is 2.23. The van der Waals surface area contributed by atoms with Crippen LogP contribution in [0.4, 0.5) is 10.3 Å². The lowest BCUT2D eigenvalue weighted by Gasteiger charge is -2.34. The number of aryl methyl sites for hydroxylation is 1. The van der Waals surface area contributed by atoms with E-state index in [1.165, 1.54) is 10.3 Å². The fourth-order valence-corrected chi connectivity index (χ4v) is 6.12. The lowest BCUT2D eigenvalue weighted by Crippen LogP contribution is -2.46. The maximum Gasteiger partial charge on any atom is 0.186 e. The Balaban J connectivity index is 1.35. The van der Waals surface area contributed by atoms with E-state index < -0.39 is 0 Å². The highest BCUT2D eigenvalue weighted by Crippen LogP contribution is 2.38. The van der Waals surface area contributed by atoms with Crippen molar-refractivity contribution in [3.8, 4) is 0 Å². The average molecular weight is 449 g/mol. The number of anilines is 2. The largest absolute Gasteiger partial charge is 0.345 e. The number of halogens is 2. The van der Waals surface area contributed by atoms with Crippen LogP contribution >= 0.6 is 45.9 Å². The molecule has 144 valence electrons. The summed E-state index contributed by atoms with van der Waals surface area (Å²) in [5.41, 5.74) is 3.25. The summed E-state index contributed by atoms with van der Waals surface area (Å²) in [7, 11) is 0. The predicted molar refractivity (Wildman–Crippen MR) is 123 cm³/mol. The van der Waals surface area contributed by atoms with E-state index in [0.717, 1.165) is 58.6 Å². The molecular weight excluding hydrogens is 431 g/mol. The van der Waals surface area contributed by atoms with Crippen LogP contribution in [0.5, 0.6) is 0 Å². The molecule has 0 amide bonds. The van der Waals surface area contributed by atoms with E-state index in [4.69, 9.17) is 33.2 Å². The van der Waals surface area contributed by atoms with Crippen LogP contribution in [0, 0.1) is 0 Å². The van der Waals surface area contributed by atoms with Crippen LogP contribution in [0.1, 0.15) is 12.5 Å². The Hall–Kier alpha value is -1.60. The minimum absolute atomic E-state index is 0.654. The third-order valence-electron chi connectivity index (χ3n) is 5.11. The van der Waals surface area contributed by atoms with E-state index in [0.29, 0.717) is 10.0 Å². The molecule has 28 heavy (non-hydrogen) atoms. The van der Waals surface area contributed by atoms with E-state index in [1.54, 1.807) is 22.7 Å². The molecule has 0 bridgehead atoms. The summed E-state index contributed by atoms with van der Waals surface area (Å²) >= 11 is 16.0. The first kappa shape index (κ1) is 18.4. The van der Waals surface area contributed by atoms with Crippen molar-refractivity contribution < 1.29 is 0 Å². The summed E-state index contributed by atoms with van der Waals surface area (Å²) in [5, 5.41) is 3.46. The molecule has 1 aliphatic rings. The highest BCUT2D eigenvalue weighted by atomic mass is 35.5. The highest BCUT2D eigenvalue weighted by Gasteiger charge is 2.23. The van der Waals surface area contributed by atoms with Crippen LogP contribution in [0.3, 0.4) is 0 Å². The van der Waals surface area contributed by atoms with E-state index in [-0.39, 0.29) is 0 Å². The Morgan fingerprint density at radius 1 is 0.893 bits per heavy atom. The quantitative estimate of drug-likeness (QED) is 0.378. The van der Waals surface area contributed by atoms with E-state index in [9.17, 15) is 0 Å². The van der Waals surface area contributed by atoms with Crippen molar-refractivity contribution in [3.05, 3.63) is 45.9 Å². The first-order valence-corrected chi connectivity index (χ1v) is 11.6. The van der Waals surface area contributed by atoms with Gasteiger partial charge in [-0.05, 0) is 36.2 Å². The average Bonchev–Trinajstić information content (AvgIpc) is 3.35. The zero-order valence-electron chi connectivity index (χ0n) is 15.3. The Labute approximate surface area is 181 Å². The number of benzene rings is 2. The number of fused-ring (bicyclic) bond motifs is 2. The van der Waals surface area contributed by atoms with Gasteiger partial charge in [0.1, 0.15) is 5.52 Å². The van der Waals surface area contributed by atoms with Gasteiger partial charge in [-0.1, -0.05) is 58.9 Å². The molecule has 2 aromatic heterocycles. The second-order valence-corrected chi connectivity index (χ2v) is 9.63. The monoisotopic (exact) mass is 448 g/mol. The smallest absolute Gasteiger partial charge is 0.186 e. The molecule has 4 aromatic rings. The summed E-state index contributed by atoms with van der Waals surface area (Å²) in [4.78, 5) is 14.3. The number of aromatic nitrogens is 2. The molecule has 1 saturated heterocycles. The maximum absolute atomic E-state index is 6.32. The van der Waals surface area contributed by atoms with Crippen LogP contribution in [-0.2, 0) is 6.42 Å². The van der Waals surface area contributed by atoms with Crippen LogP contribution in [-0.4, -0.2) is 36.1 Å². The SMILES string of the molecule is CCc1ccc2nc(N3CCN(c4nc5c(Cl)ccc(Cl)c5s4)CC3)sc2c1. The summed E-state index contributed by atoms with van der Waals surface area (Å²) in [6, 6.07) is 10.2. The molecule has 5 rings (SSSR count). The lowest BCUT2D eigenvalue weighted by molar-refractivity contribution is 0.651. The number of rotatable bonds is 3. The van der Waals surface area contributed by atoms with Gasteiger partial charge in [-0.2, -0.15) is 0 Å². The topological polar surface area (TPSA) is 32.3 Å². The third-order valence-corrected chi connectivity index (χ3v) is 8.07. The standard InChI is InChI=1S/C20H18Cl2N4S2/c1-2-12-3-6-15-16(11-12)27-19(23-15)25-7-9-26(10-8-25)20-24-17-13(21)4-5-14(22)18(17)28-20/h3-6,11H,2,7-10H2,1H3. The molecule has 0 atom stereocenters. The lowest BCUT2D eigenvalue weighted by atomic mass is 10.2. The molecule has 2 aromatic carbocycles. The van der Waals surface area contributed by atoms with Crippen LogP contribution in [0.2, 0.25) is 10.0 Å². The molecule has 4 nitrogen and oxygen atoms in total. The van der Waals surface area contributed by atoms with E-state index >= 15 is 0 Å². The highest BCUT2D eigenvalue weighted by molar-refractivity contribution is 7.23. The van der Waals surface area contributed by atoms with Crippen molar-refractivity contribution in [3.63, 3.8) is 0 Å². The van der Waals surface area contributed by atoms with E-state index in [2.05, 4.69) is 34.9 Å². The molecule has 1 fully saturated rings. The van der Waals surface area contributed by atoms with Gasteiger partial charge in [-0.15, -0.1) is 0 Å². The van der Waals surface area contributed by atoms with Gasteiger partial charge < -0.3 is 9.80 Å². The molecule has 0 N–H and O–H groups in total. The van der Waals surface area contributed by atoms with Gasteiger partial charge in [0.15, 0.2) is 10.3 Å². The first-order valence-electron chi connectivity index (χ1n) is 9.26. The second-order valence-electron chi connectivity index (χ2n) is 6.83. The van der Waals surface area contributed by atoms with Crippen molar-refractivity contribution >= 4 is 76.6 Å². The number of hydrogen-bond donors (Lipinski definition) is 0. The molecule has 1 aliphatic heterocycles. The molecule has 0 radical (unpaired) electrons.